The van der Waals surface area contributed by atoms with Gasteiger partial charge in [-0.3, -0.25) is 9.59 Å². The van der Waals surface area contributed by atoms with E-state index in [4.69, 9.17) is 5.73 Å². The summed E-state index contributed by atoms with van der Waals surface area (Å²) < 4.78 is 1.15. The van der Waals surface area contributed by atoms with Crippen molar-refractivity contribution in [3.63, 3.8) is 0 Å². The van der Waals surface area contributed by atoms with E-state index in [0.717, 1.165) is 0 Å². The van der Waals surface area contributed by atoms with Gasteiger partial charge in [0.2, 0.25) is 5.91 Å². The Hall–Kier alpha value is -0.380. The van der Waals surface area contributed by atoms with Crippen LogP contribution in [0.25, 0.3) is 0 Å². The fourth-order valence-electron chi connectivity index (χ4n) is 1.47. The molecule has 2 amide bonds. The van der Waals surface area contributed by atoms with E-state index in [2.05, 4.69) is 5.32 Å². The number of likely N-dealkylation sites (N-methyl/N-ethyl adjacent to an activating group) is 1. The summed E-state index contributed by atoms with van der Waals surface area (Å²) in [5, 5.41) is 11.8. The van der Waals surface area contributed by atoms with Crippen molar-refractivity contribution in [2.75, 3.05) is 26.4 Å². The second kappa shape index (κ2) is 7.94. The zero-order chi connectivity index (χ0) is 17.2. The molecular weight excluding hydrogens is 631 g/mol. The summed E-state index contributed by atoms with van der Waals surface area (Å²) in [7, 11) is 3.15. The van der Waals surface area contributed by atoms with Gasteiger partial charge in [0, 0.05) is 17.7 Å². The van der Waals surface area contributed by atoms with E-state index in [1.54, 1.807) is 14.1 Å². The zero-order valence-corrected chi connectivity index (χ0v) is 18.0. The number of hydrogen-bond acceptors (Lipinski definition) is 4. The Morgan fingerprint density at radius 1 is 1.09 bits per heavy atom. The number of carboxylic acid groups (broad SMARTS) is 1. The van der Waals surface area contributed by atoms with Crippen molar-refractivity contribution in [1.29, 1.82) is 0 Å². The van der Waals surface area contributed by atoms with E-state index in [1.165, 1.54) is 4.90 Å². The number of anilines is 1. The van der Waals surface area contributed by atoms with Crippen molar-refractivity contribution in [2.24, 2.45) is 0 Å². The Morgan fingerprint density at radius 2 is 1.59 bits per heavy atom. The lowest BCUT2D eigenvalue weighted by Crippen LogP contribution is -2.37. The molecule has 1 aromatic carbocycles. The van der Waals surface area contributed by atoms with Crippen LogP contribution in [0.3, 0.4) is 0 Å². The molecule has 0 radical (unpaired) electrons. The monoisotopic (exact) mass is 643 g/mol. The highest BCUT2D eigenvalue weighted by Crippen LogP contribution is 2.33. The highest BCUT2D eigenvalue weighted by Gasteiger charge is 2.26. The Bertz CT molecular complexity index is 662. The molecule has 1 rings (SSSR count). The molecule has 0 fully saturated rings. The smallest absolute Gasteiger partial charge is 0.337 e. The third-order valence-electron chi connectivity index (χ3n) is 2.69. The maximum atomic E-state index is 12.3. The van der Waals surface area contributed by atoms with Gasteiger partial charge in [-0.05, 0) is 67.8 Å². The summed E-state index contributed by atoms with van der Waals surface area (Å²) in [5.74, 6) is -1.96. The van der Waals surface area contributed by atoms with Crippen LogP contribution in [0.2, 0.25) is 0 Å². The number of nitrogens with two attached hydrogens (primary N) is 1. The zero-order valence-electron chi connectivity index (χ0n) is 11.5. The molecule has 120 valence electrons. The van der Waals surface area contributed by atoms with Crippen LogP contribution in [0, 0.1) is 10.7 Å². The number of aromatic carboxylic acids is 1. The summed E-state index contributed by atoms with van der Waals surface area (Å²) in [4.78, 5) is 36.6. The van der Waals surface area contributed by atoms with Crippen LogP contribution in [-0.2, 0) is 4.79 Å². The molecule has 0 atom stereocenters. The molecule has 10 heteroatoms. The number of hydrogen-bond donors (Lipinski definition) is 3. The van der Waals surface area contributed by atoms with E-state index >= 15 is 0 Å². The van der Waals surface area contributed by atoms with Crippen molar-refractivity contribution < 1.29 is 19.5 Å². The highest BCUT2D eigenvalue weighted by atomic mass is 127. The number of amides is 2. The summed E-state index contributed by atoms with van der Waals surface area (Å²) in [6.45, 7) is -0.174. The van der Waals surface area contributed by atoms with Gasteiger partial charge in [0.15, 0.2) is 0 Å². The van der Waals surface area contributed by atoms with Crippen molar-refractivity contribution in [2.45, 2.75) is 0 Å². The van der Waals surface area contributed by atoms with Crippen molar-refractivity contribution >= 4 is 91.2 Å². The number of benzene rings is 1. The summed E-state index contributed by atoms with van der Waals surface area (Å²) in [5.41, 5.74) is 6.29. The minimum absolute atomic E-state index is 0.0109. The second-order valence-electron chi connectivity index (χ2n) is 4.38. The first-order valence-corrected chi connectivity index (χ1v) is 9.00. The Morgan fingerprint density at radius 3 is 2.05 bits per heavy atom. The molecule has 0 spiro atoms. The molecule has 0 aliphatic heterocycles. The minimum Gasteiger partial charge on any atom is -0.478 e. The van der Waals surface area contributed by atoms with Gasteiger partial charge in [0.1, 0.15) is 0 Å². The van der Waals surface area contributed by atoms with Gasteiger partial charge >= 0.3 is 5.97 Å². The first-order valence-electron chi connectivity index (χ1n) is 5.77. The maximum absolute atomic E-state index is 12.3. The summed E-state index contributed by atoms with van der Waals surface area (Å²) >= 11 is 5.55. The standard InChI is InChI=1S/C12H12I3N3O4/c1-18(2)4(19)3-17-11(20)5-7(13)6(12(21)22)9(15)10(16)8(5)14/h3,16H2,1-2H3,(H,17,20)(H,21,22). The van der Waals surface area contributed by atoms with Crippen molar-refractivity contribution in [1.82, 2.24) is 10.2 Å². The fourth-order valence-corrected chi connectivity index (χ4v) is 5.59. The van der Waals surface area contributed by atoms with Crippen LogP contribution in [0.15, 0.2) is 0 Å². The molecule has 1 aromatic rings. The summed E-state index contributed by atoms with van der Waals surface area (Å²) in [6.07, 6.45) is 0. The summed E-state index contributed by atoms with van der Waals surface area (Å²) in [6, 6.07) is 0. The number of nitrogens with zero attached hydrogens (tertiary/aromatic N) is 1. The normalized spacial score (nSPS) is 10.2. The Labute approximate surface area is 167 Å². The Balaban J connectivity index is 3.27. The lowest BCUT2D eigenvalue weighted by molar-refractivity contribution is -0.127. The van der Waals surface area contributed by atoms with Gasteiger partial charge in [-0.25, -0.2) is 4.79 Å². The van der Waals surface area contributed by atoms with E-state index in [9.17, 15) is 19.5 Å². The molecule has 0 heterocycles. The number of carboxylic acids is 1. The lowest BCUT2D eigenvalue weighted by Gasteiger charge is -2.16. The fraction of sp³-hybridized carbons (Fsp3) is 0.250. The first-order chi connectivity index (χ1) is 10.1. The average Bonchev–Trinajstić information content (AvgIpc) is 2.41. The van der Waals surface area contributed by atoms with E-state index in [1.807, 2.05) is 67.8 Å². The van der Waals surface area contributed by atoms with E-state index < -0.39 is 11.9 Å². The molecule has 0 saturated heterocycles. The molecular formula is C12H12I3N3O4. The van der Waals surface area contributed by atoms with Crippen LogP contribution in [0.4, 0.5) is 5.69 Å². The van der Waals surface area contributed by atoms with Crippen LogP contribution in [-0.4, -0.2) is 48.4 Å². The van der Waals surface area contributed by atoms with Crippen LogP contribution in [0.1, 0.15) is 20.7 Å². The van der Waals surface area contributed by atoms with Crippen LogP contribution >= 0.6 is 67.8 Å². The molecule has 0 saturated carbocycles. The lowest BCUT2D eigenvalue weighted by atomic mass is 10.1. The molecule has 22 heavy (non-hydrogen) atoms. The van der Waals surface area contributed by atoms with Gasteiger partial charge in [-0.1, -0.05) is 0 Å². The third-order valence-corrected chi connectivity index (χ3v) is 6.01. The van der Waals surface area contributed by atoms with Gasteiger partial charge in [0.05, 0.1) is 30.5 Å². The Kier molecular flexibility index (Phi) is 7.10. The number of nitrogen functional groups attached to an aromatic ring is 1. The quantitative estimate of drug-likeness (QED) is 0.341. The highest BCUT2D eigenvalue weighted by molar-refractivity contribution is 14.1. The third kappa shape index (κ3) is 4.12. The topological polar surface area (TPSA) is 113 Å². The van der Waals surface area contributed by atoms with E-state index in [-0.39, 0.29) is 29.3 Å². The number of halogens is 3. The van der Waals surface area contributed by atoms with Gasteiger partial charge in [-0.2, -0.15) is 0 Å². The molecule has 4 N–H and O–H groups in total. The largest absolute Gasteiger partial charge is 0.478 e. The number of carbonyl (C=O) groups excluding carboxylic acids is 2. The minimum atomic E-state index is -1.16. The van der Waals surface area contributed by atoms with Gasteiger partial charge in [-0.15, -0.1) is 0 Å². The molecule has 0 aliphatic rings. The van der Waals surface area contributed by atoms with E-state index in [0.29, 0.717) is 10.7 Å². The van der Waals surface area contributed by atoms with Crippen LogP contribution < -0.4 is 11.1 Å². The molecule has 7 nitrogen and oxygen atoms in total. The average molecular weight is 643 g/mol. The molecule has 0 bridgehead atoms. The number of nitrogens with one attached hydrogen (secondary N) is 1. The predicted molar refractivity (Wildman–Crippen MR) is 107 cm³/mol. The molecule has 0 unspecified atom stereocenters. The first kappa shape index (κ1) is 19.7. The molecule has 0 aromatic heterocycles. The van der Waals surface area contributed by atoms with Gasteiger partial charge in [0.25, 0.3) is 5.91 Å². The van der Waals surface area contributed by atoms with Crippen LogP contribution in [0.5, 0.6) is 0 Å². The SMILES string of the molecule is CN(C)C(=O)CNC(=O)c1c(I)c(N)c(I)c(C(=O)O)c1I. The van der Waals surface area contributed by atoms with Crippen molar-refractivity contribution in [3.8, 4) is 0 Å². The number of carbonyl (C=O) groups is 3. The van der Waals surface area contributed by atoms with Crippen molar-refractivity contribution in [3.05, 3.63) is 21.8 Å². The maximum Gasteiger partial charge on any atom is 0.337 e. The number of rotatable bonds is 4. The van der Waals surface area contributed by atoms with Gasteiger partial charge < -0.3 is 21.1 Å². The predicted octanol–water partition coefficient (Wildman–Crippen LogP) is 1.60. The second-order valence-corrected chi connectivity index (χ2v) is 7.62. The molecule has 0 aliphatic carbocycles.